The van der Waals surface area contributed by atoms with Crippen molar-refractivity contribution in [2.24, 2.45) is 28.0 Å². The number of phenols is 1. The number of carbonyl (C=O) groups is 4. The molecule has 11 heteroatoms. The van der Waals surface area contributed by atoms with Crippen LogP contribution in [-0.4, -0.2) is 59.2 Å². The zero-order chi connectivity index (χ0) is 33.2. The van der Waals surface area contributed by atoms with Gasteiger partial charge in [0.2, 0.25) is 5.91 Å². The van der Waals surface area contributed by atoms with Crippen LogP contribution in [0.25, 0.3) is 0 Å². The summed E-state index contributed by atoms with van der Waals surface area (Å²) in [7, 11) is 0. The van der Waals surface area contributed by atoms with Crippen LogP contribution in [0.15, 0.2) is 28.8 Å². The van der Waals surface area contributed by atoms with Gasteiger partial charge in [0, 0.05) is 43.1 Å². The quantitative estimate of drug-likeness (QED) is 0.119. The fourth-order valence-corrected chi connectivity index (χ4v) is 5.60. The second kappa shape index (κ2) is 16.4. The van der Waals surface area contributed by atoms with Crippen LogP contribution in [0.1, 0.15) is 83.4 Å². The minimum absolute atomic E-state index is 0.0818. The molecule has 0 saturated heterocycles. The molecule has 0 heterocycles. The number of benzene rings is 1. The molecule has 2 rings (SSSR count). The van der Waals surface area contributed by atoms with Gasteiger partial charge < -0.3 is 26.0 Å². The Kier molecular flexibility index (Phi) is 13.6. The summed E-state index contributed by atoms with van der Waals surface area (Å²) >= 11 is 6.66. The molecule has 1 aliphatic rings. The molecule has 4 atom stereocenters. The number of phenolic OH excluding ortho intramolecular Hbond substituents is 1. The standard InChI is InChI=1S/C33H46ClN3O7/c1-19(14-15-33(6)20(2)11-13-27(39)22(33)4)10-12-24-30(41)25(21(3)29(34)31(24)44-18-28(35)40)17-36-16-8-7-9-26(32(42)43)37-23(5)38/h10,14-15,17,20,22,26,41H,7-9,11-13,16,18H2,1-6H3,(H2,35,40)(H,37,38)(H,42,43)/b15-14+,19-10+,36-17-/t20-,22+,26+,33+/m1/s1. The third-order valence-corrected chi connectivity index (χ3v) is 9.12. The SMILES string of the molecule is CC(=O)N[C@@H](CCCC/N=C\c1c(C)c(Cl)c(OCC(N)=O)c(C/C=C(C)/C=C/[C@@]2(C)[C@H](C)CCC(=O)[C@@H]2C)c1O)C(=O)O. The third kappa shape index (κ3) is 9.67. The van der Waals surface area contributed by atoms with E-state index in [0.29, 0.717) is 48.4 Å². The number of halogens is 1. The molecule has 0 aromatic heterocycles. The summed E-state index contributed by atoms with van der Waals surface area (Å²) in [6.45, 7) is 11.1. The first kappa shape index (κ1) is 36.5. The molecular formula is C33H46ClN3O7. The van der Waals surface area contributed by atoms with Gasteiger partial charge in [-0.25, -0.2) is 4.79 Å². The average Bonchev–Trinajstić information content (AvgIpc) is 2.95. The number of aliphatic imine (C=N–C) groups is 1. The van der Waals surface area contributed by atoms with Gasteiger partial charge in [-0.1, -0.05) is 56.2 Å². The fourth-order valence-electron chi connectivity index (χ4n) is 5.33. The molecule has 0 radical (unpaired) electrons. The Hall–Kier alpha value is -3.66. The Bertz CT molecular complexity index is 1340. The van der Waals surface area contributed by atoms with Gasteiger partial charge >= 0.3 is 5.97 Å². The maximum atomic E-state index is 12.4. The Labute approximate surface area is 264 Å². The molecule has 242 valence electrons. The van der Waals surface area contributed by atoms with Crippen LogP contribution >= 0.6 is 11.6 Å². The van der Waals surface area contributed by atoms with E-state index in [1.54, 1.807) is 6.92 Å². The van der Waals surface area contributed by atoms with Crippen molar-refractivity contribution in [2.45, 2.75) is 86.1 Å². The number of rotatable bonds is 15. The van der Waals surface area contributed by atoms with Gasteiger partial charge in [0.25, 0.3) is 5.91 Å². The molecule has 1 fully saturated rings. The molecule has 1 aliphatic carbocycles. The largest absolute Gasteiger partial charge is 0.507 e. The van der Waals surface area contributed by atoms with Crippen LogP contribution in [0.3, 0.4) is 0 Å². The predicted molar refractivity (Wildman–Crippen MR) is 171 cm³/mol. The van der Waals surface area contributed by atoms with Crippen molar-refractivity contribution < 1.29 is 34.1 Å². The molecule has 10 nitrogen and oxygen atoms in total. The molecular weight excluding hydrogens is 586 g/mol. The Balaban J connectivity index is 2.28. The van der Waals surface area contributed by atoms with Gasteiger partial charge in [-0.05, 0) is 62.8 Å². The molecule has 1 saturated carbocycles. The van der Waals surface area contributed by atoms with Crippen LogP contribution in [0, 0.1) is 24.2 Å². The van der Waals surface area contributed by atoms with Crippen molar-refractivity contribution in [1.82, 2.24) is 5.32 Å². The van der Waals surface area contributed by atoms with Gasteiger partial charge in [-0.2, -0.15) is 0 Å². The summed E-state index contributed by atoms with van der Waals surface area (Å²) in [4.78, 5) is 50.8. The summed E-state index contributed by atoms with van der Waals surface area (Å²) < 4.78 is 5.64. The number of ketones is 1. The fraction of sp³-hybridized carbons (Fsp3) is 0.545. The van der Waals surface area contributed by atoms with E-state index in [-0.39, 0.29) is 46.5 Å². The van der Waals surface area contributed by atoms with Gasteiger partial charge in [-0.3, -0.25) is 19.4 Å². The first-order chi connectivity index (χ1) is 20.6. The minimum atomic E-state index is -1.09. The number of primary amides is 1. The zero-order valence-corrected chi connectivity index (χ0v) is 27.3. The normalized spacial score (nSPS) is 21.5. The lowest BCUT2D eigenvalue weighted by atomic mass is 9.61. The van der Waals surface area contributed by atoms with Crippen LogP contribution in [-0.2, 0) is 25.6 Å². The molecule has 5 N–H and O–H groups in total. The molecule has 1 aromatic rings. The summed E-state index contributed by atoms with van der Waals surface area (Å²) in [6, 6.07) is -0.955. The topological polar surface area (TPSA) is 168 Å². The monoisotopic (exact) mass is 631 g/mol. The van der Waals surface area contributed by atoms with Crippen molar-refractivity contribution in [3.63, 3.8) is 0 Å². The average molecular weight is 632 g/mol. The number of hydrogen-bond donors (Lipinski definition) is 4. The number of Topliss-reactive ketones (excluding diaryl/α,β-unsaturated/α-hetero) is 1. The highest BCUT2D eigenvalue weighted by molar-refractivity contribution is 6.33. The van der Waals surface area contributed by atoms with Crippen LogP contribution in [0.4, 0.5) is 0 Å². The minimum Gasteiger partial charge on any atom is -0.507 e. The smallest absolute Gasteiger partial charge is 0.326 e. The number of aliphatic carboxylic acids is 1. The van der Waals surface area contributed by atoms with Crippen molar-refractivity contribution in [3.05, 3.63) is 45.5 Å². The number of aromatic hydroxyl groups is 1. The third-order valence-electron chi connectivity index (χ3n) is 8.67. The number of carbonyl (C=O) groups excluding carboxylic acids is 3. The van der Waals surface area contributed by atoms with Gasteiger partial charge in [0.1, 0.15) is 23.3 Å². The van der Waals surface area contributed by atoms with E-state index in [1.165, 1.54) is 13.1 Å². The lowest BCUT2D eigenvalue weighted by molar-refractivity contribution is -0.141. The van der Waals surface area contributed by atoms with E-state index in [1.807, 2.05) is 26.0 Å². The van der Waals surface area contributed by atoms with Gasteiger partial charge in [0.15, 0.2) is 6.61 Å². The number of hydrogen-bond acceptors (Lipinski definition) is 7. The highest BCUT2D eigenvalue weighted by Gasteiger charge is 2.41. The second-order valence-corrected chi connectivity index (χ2v) is 12.2. The van der Waals surface area contributed by atoms with Crippen molar-refractivity contribution >= 4 is 41.4 Å². The maximum Gasteiger partial charge on any atom is 0.326 e. The summed E-state index contributed by atoms with van der Waals surface area (Å²) in [6.07, 6.45) is 10.6. The lowest BCUT2D eigenvalue weighted by Gasteiger charge is -2.42. The molecule has 0 bridgehead atoms. The van der Waals surface area contributed by atoms with E-state index in [2.05, 4.69) is 30.2 Å². The summed E-state index contributed by atoms with van der Waals surface area (Å²) in [5.74, 6) is -1.57. The van der Waals surface area contributed by atoms with Gasteiger partial charge in [0.05, 0.1) is 5.02 Å². The second-order valence-electron chi connectivity index (χ2n) is 11.9. The highest BCUT2D eigenvalue weighted by atomic mass is 35.5. The lowest BCUT2D eigenvalue weighted by Crippen LogP contribution is -2.40. The molecule has 44 heavy (non-hydrogen) atoms. The van der Waals surface area contributed by atoms with Crippen LogP contribution in [0.5, 0.6) is 11.5 Å². The molecule has 2 amide bonds. The predicted octanol–water partition coefficient (Wildman–Crippen LogP) is 5.08. The van der Waals surface area contributed by atoms with Crippen molar-refractivity contribution in [1.29, 1.82) is 0 Å². The molecule has 0 spiro atoms. The zero-order valence-electron chi connectivity index (χ0n) is 26.5. The van der Waals surface area contributed by atoms with E-state index < -0.39 is 30.4 Å². The van der Waals surface area contributed by atoms with Gasteiger partial charge in [-0.15, -0.1) is 0 Å². The number of nitrogens with two attached hydrogens (primary N) is 1. The molecule has 0 unspecified atom stereocenters. The number of nitrogens with one attached hydrogen (secondary N) is 1. The number of ether oxygens (including phenoxy) is 1. The van der Waals surface area contributed by atoms with E-state index >= 15 is 0 Å². The van der Waals surface area contributed by atoms with Crippen molar-refractivity contribution in [2.75, 3.05) is 13.2 Å². The van der Waals surface area contributed by atoms with E-state index in [4.69, 9.17) is 22.1 Å². The summed E-state index contributed by atoms with van der Waals surface area (Å²) in [5, 5.41) is 23.2. The van der Waals surface area contributed by atoms with E-state index in [9.17, 15) is 29.4 Å². The van der Waals surface area contributed by atoms with Crippen LogP contribution in [0.2, 0.25) is 5.02 Å². The molecule has 0 aliphatic heterocycles. The Morgan fingerprint density at radius 2 is 1.93 bits per heavy atom. The number of unbranched alkanes of at least 4 members (excludes halogenated alkanes) is 1. The van der Waals surface area contributed by atoms with E-state index in [0.717, 1.165) is 12.0 Å². The maximum absolute atomic E-state index is 12.4. The first-order valence-electron chi connectivity index (χ1n) is 14.9. The summed E-state index contributed by atoms with van der Waals surface area (Å²) in [5.41, 5.74) is 7.22. The Morgan fingerprint density at radius 1 is 1.25 bits per heavy atom. The highest BCUT2D eigenvalue weighted by Crippen LogP contribution is 2.45. The van der Waals surface area contributed by atoms with Crippen molar-refractivity contribution in [3.8, 4) is 11.5 Å². The number of amides is 2. The molecule has 1 aromatic carbocycles. The number of carboxylic acid groups (broad SMARTS) is 1. The Morgan fingerprint density at radius 3 is 2.55 bits per heavy atom. The number of carboxylic acids is 1. The number of nitrogens with zero attached hydrogens (tertiary/aromatic N) is 1. The van der Waals surface area contributed by atoms with Crippen LogP contribution < -0.4 is 15.8 Å². The number of allylic oxidation sites excluding steroid dienone is 4. The first-order valence-corrected chi connectivity index (χ1v) is 15.3.